The molecule has 7 nitrogen and oxygen atoms in total. The van der Waals surface area contributed by atoms with Gasteiger partial charge in [0, 0.05) is 13.1 Å². The van der Waals surface area contributed by atoms with Crippen molar-refractivity contribution in [3.8, 4) is 5.75 Å². The Balaban J connectivity index is 1.53. The largest absolute Gasteiger partial charge is 0.497 e. The summed E-state index contributed by atoms with van der Waals surface area (Å²) in [7, 11) is 1.64. The van der Waals surface area contributed by atoms with Crippen molar-refractivity contribution in [2.45, 2.75) is 51.2 Å². The minimum atomic E-state index is -0.437. The molecule has 1 fully saturated rings. The monoisotopic (exact) mass is 435 g/mol. The number of amides is 2. The molecule has 2 aliphatic rings. The normalized spacial score (nSPS) is 21.5. The molecule has 0 aliphatic carbocycles. The number of nitrogens with one attached hydrogen (secondary N) is 3. The summed E-state index contributed by atoms with van der Waals surface area (Å²) in [4.78, 5) is 20.0. The number of aliphatic imine (C=N–C) groups is 1. The second kappa shape index (κ2) is 8.73. The van der Waals surface area contributed by atoms with Crippen LogP contribution in [0.1, 0.15) is 39.2 Å². The van der Waals surface area contributed by atoms with Crippen molar-refractivity contribution >= 4 is 23.2 Å². The predicted octanol–water partition coefficient (Wildman–Crippen LogP) is 4.47. The van der Waals surface area contributed by atoms with Gasteiger partial charge in [0.15, 0.2) is 0 Å². The van der Waals surface area contributed by atoms with Gasteiger partial charge in [0.2, 0.25) is 0 Å². The zero-order chi connectivity index (χ0) is 22.8. The molecule has 1 unspecified atom stereocenters. The lowest BCUT2D eigenvalue weighted by atomic mass is 9.85. The lowest BCUT2D eigenvalue weighted by Crippen LogP contribution is -2.63. The maximum Gasteiger partial charge on any atom is 0.317 e. The first-order valence-corrected chi connectivity index (χ1v) is 11.2. The molecule has 1 saturated heterocycles. The summed E-state index contributed by atoms with van der Waals surface area (Å²) in [6, 6.07) is 15.8. The molecule has 3 N–H and O–H groups in total. The van der Waals surface area contributed by atoms with Gasteiger partial charge in [-0.2, -0.15) is 0 Å². The number of benzene rings is 2. The van der Waals surface area contributed by atoms with Crippen molar-refractivity contribution in [1.82, 2.24) is 10.2 Å². The highest BCUT2D eigenvalue weighted by molar-refractivity contribution is 6.10. The molecule has 7 heteroatoms. The second-order valence-electron chi connectivity index (χ2n) is 9.54. The van der Waals surface area contributed by atoms with Gasteiger partial charge in [0.25, 0.3) is 0 Å². The molecule has 2 aliphatic heterocycles. The lowest BCUT2D eigenvalue weighted by molar-refractivity contribution is 0.173. The summed E-state index contributed by atoms with van der Waals surface area (Å²) in [5.74, 6) is 1.68. The Labute approximate surface area is 190 Å². The first-order valence-electron chi connectivity index (χ1n) is 11.2. The van der Waals surface area contributed by atoms with Gasteiger partial charge >= 0.3 is 6.03 Å². The van der Waals surface area contributed by atoms with Gasteiger partial charge in [-0.3, -0.25) is 4.99 Å². The van der Waals surface area contributed by atoms with Crippen LogP contribution in [0.5, 0.6) is 5.75 Å². The number of amidine groups is 1. The van der Waals surface area contributed by atoms with Gasteiger partial charge in [-0.15, -0.1) is 0 Å². The molecule has 0 radical (unpaired) electrons. The Morgan fingerprint density at radius 1 is 1.19 bits per heavy atom. The fourth-order valence-electron chi connectivity index (χ4n) is 4.33. The quantitative estimate of drug-likeness (QED) is 0.665. The fourth-order valence-corrected chi connectivity index (χ4v) is 4.33. The number of carbonyl (C=O) groups is 1. The van der Waals surface area contributed by atoms with E-state index in [1.54, 1.807) is 7.11 Å². The summed E-state index contributed by atoms with van der Waals surface area (Å²) in [6.07, 6.45) is 1.80. The summed E-state index contributed by atoms with van der Waals surface area (Å²) >= 11 is 0. The van der Waals surface area contributed by atoms with Crippen molar-refractivity contribution in [2.24, 2.45) is 4.99 Å². The average Bonchev–Trinajstić information content (AvgIpc) is 2.77. The van der Waals surface area contributed by atoms with Crippen LogP contribution in [0.15, 0.2) is 53.5 Å². The molecule has 1 atom stereocenters. The van der Waals surface area contributed by atoms with Crippen molar-refractivity contribution in [1.29, 1.82) is 0 Å². The Morgan fingerprint density at radius 2 is 1.97 bits per heavy atom. The third kappa shape index (κ3) is 4.82. The SMILES string of the molecule is COc1cccc(CNC(=O)N2CCCC3(C2)Nc2ccccc2NC3=NC(C)(C)C)c1. The molecule has 2 aromatic rings. The van der Waals surface area contributed by atoms with Crippen LogP contribution in [0.3, 0.4) is 0 Å². The molecule has 2 heterocycles. The fraction of sp³-hybridized carbons (Fsp3) is 0.440. The Morgan fingerprint density at radius 3 is 2.72 bits per heavy atom. The number of ether oxygens (including phenoxy) is 1. The molecule has 170 valence electrons. The van der Waals surface area contributed by atoms with Gasteiger partial charge in [-0.25, -0.2) is 4.79 Å². The zero-order valence-electron chi connectivity index (χ0n) is 19.4. The van der Waals surface area contributed by atoms with Crippen LogP contribution < -0.4 is 20.7 Å². The first-order chi connectivity index (χ1) is 15.3. The van der Waals surface area contributed by atoms with Crippen LogP contribution in [0.25, 0.3) is 0 Å². The van der Waals surface area contributed by atoms with Crippen molar-refractivity contribution in [3.63, 3.8) is 0 Å². The minimum absolute atomic E-state index is 0.0670. The number of hydrogen-bond donors (Lipinski definition) is 3. The first kappa shape index (κ1) is 22.0. The Kier molecular flexibility index (Phi) is 6.00. The van der Waals surface area contributed by atoms with Crippen LogP contribution in [0, 0.1) is 0 Å². The summed E-state index contributed by atoms with van der Waals surface area (Å²) in [5.41, 5.74) is 2.39. The summed E-state index contributed by atoms with van der Waals surface area (Å²) in [5, 5.41) is 10.4. The molecule has 0 saturated carbocycles. The number of anilines is 2. The number of piperidine rings is 1. The molecule has 0 bridgehead atoms. The number of para-hydroxylation sites is 2. The van der Waals surface area contributed by atoms with Crippen LogP contribution >= 0.6 is 0 Å². The molecule has 1 spiro atoms. The smallest absolute Gasteiger partial charge is 0.317 e. The number of rotatable bonds is 3. The van der Waals surface area contributed by atoms with E-state index in [0.717, 1.165) is 47.9 Å². The summed E-state index contributed by atoms with van der Waals surface area (Å²) < 4.78 is 5.28. The van der Waals surface area contributed by atoms with Crippen molar-refractivity contribution < 1.29 is 9.53 Å². The molecule has 2 aromatic carbocycles. The average molecular weight is 436 g/mol. The van der Waals surface area contributed by atoms with Crippen LogP contribution in [0.4, 0.5) is 16.2 Å². The molecule has 4 rings (SSSR count). The van der Waals surface area contributed by atoms with Gasteiger partial charge in [0.05, 0.1) is 30.6 Å². The van der Waals surface area contributed by atoms with Gasteiger partial charge in [-0.05, 0) is 63.4 Å². The molecular formula is C25H33N5O2. The number of fused-ring (bicyclic) bond motifs is 1. The standard InChI is InChI=1S/C25H33N5O2/c1-24(2,3)29-22-25(28-21-12-6-5-11-20(21)27-22)13-8-14-30(17-25)23(31)26-16-18-9-7-10-19(15-18)32-4/h5-7,9-12,15,28H,8,13-14,16-17H2,1-4H3,(H,26,31)(H,27,29). The number of carbonyl (C=O) groups excluding carboxylic acids is 1. The van der Waals surface area contributed by atoms with Crippen LogP contribution in [-0.4, -0.2) is 48.0 Å². The Hall–Kier alpha value is -3.22. The highest BCUT2D eigenvalue weighted by Crippen LogP contribution is 2.37. The maximum atomic E-state index is 13.1. The van der Waals surface area contributed by atoms with Gasteiger partial charge < -0.3 is 25.6 Å². The molecule has 32 heavy (non-hydrogen) atoms. The van der Waals surface area contributed by atoms with E-state index in [1.807, 2.05) is 41.3 Å². The van der Waals surface area contributed by atoms with E-state index in [-0.39, 0.29) is 11.6 Å². The molecule has 0 aromatic heterocycles. The van der Waals surface area contributed by atoms with Crippen LogP contribution in [0.2, 0.25) is 0 Å². The van der Waals surface area contributed by atoms with E-state index in [2.05, 4.69) is 48.9 Å². The predicted molar refractivity (Wildman–Crippen MR) is 130 cm³/mol. The molecule has 2 amide bonds. The van der Waals surface area contributed by atoms with E-state index < -0.39 is 5.54 Å². The zero-order valence-corrected chi connectivity index (χ0v) is 19.4. The van der Waals surface area contributed by atoms with E-state index >= 15 is 0 Å². The topological polar surface area (TPSA) is 78.0 Å². The number of likely N-dealkylation sites (tertiary alicyclic amines) is 1. The minimum Gasteiger partial charge on any atom is -0.497 e. The van der Waals surface area contributed by atoms with E-state index in [9.17, 15) is 4.79 Å². The second-order valence-corrected chi connectivity index (χ2v) is 9.54. The van der Waals surface area contributed by atoms with Crippen molar-refractivity contribution in [2.75, 3.05) is 30.8 Å². The molecular weight excluding hydrogens is 402 g/mol. The van der Waals surface area contributed by atoms with Gasteiger partial charge in [-0.1, -0.05) is 24.3 Å². The number of hydrogen-bond acceptors (Lipinski definition) is 4. The number of methoxy groups -OCH3 is 1. The Bertz CT molecular complexity index is 1010. The number of urea groups is 1. The summed E-state index contributed by atoms with van der Waals surface area (Å²) in [6.45, 7) is 8.01. The van der Waals surface area contributed by atoms with Crippen LogP contribution in [-0.2, 0) is 6.54 Å². The van der Waals surface area contributed by atoms with Gasteiger partial charge in [0.1, 0.15) is 17.1 Å². The third-order valence-corrected chi connectivity index (χ3v) is 5.81. The number of nitrogens with zero attached hydrogens (tertiary/aromatic N) is 2. The van der Waals surface area contributed by atoms with E-state index in [1.165, 1.54) is 0 Å². The van der Waals surface area contributed by atoms with Crippen molar-refractivity contribution in [3.05, 3.63) is 54.1 Å². The van der Waals surface area contributed by atoms with E-state index in [4.69, 9.17) is 9.73 Å². The highest BCUT2D eigenvalue weighted by Gasteiger charge is 2.45. The highest BCUT2D eigenvalue weighted by atomic mass is 16.5. The maximum absolute atomic E-state index is 13.1. The third-order valence-electron chi connectivity index (χ3n) is 5.81. The van der Waals surface area contributed by atoms with E-state index in [0.29, 0.717) is 13.1 Å². The lowest BCUT2D eigenvalue weighted by Gasteiger charge is -2.47.